The van der Waals surface area contributed by atoms with Crippen molar-refractivity contribution in [3.8, 4) is 0 Å². The summed E-state index contributed by atoms with van der Waals surface area (Å²) in [6.45, 7) is 2.21. The smallest absolute Gasteiger partial charge is 0.161 e. The van der Waals surface area contributed by atoms with Crippen molar-refractivity contribution in [3.63, 3.8) is 0 Å². The molecule has 2 unspecified atom stereocenters. The van der Waals surface area contributed by atoms with Gasteiger partial charge in [0.2, 0.25) is 0 Å². The highest BCUT2D eigenvalue weighted by atomic mass is 16.3. The fourth-order valence-corrected chi connectivity index (χ4v) is 0.799. The molecular weight excluding hydrogens is 120 g/mol. The van der Waals surface area contributed by atoms with E-state index in [0.717, 1.165) is 6.29 Å². The first-order chi connectivity index (χ1) is 4.16. The quantitative estimate of drug-likeness (QED) is 0.375. The zero-order valence-corrected chi connectivity index (χ0v) is 5.22. The maximum atomic E-state index is 10.3. The number of rotatable bonds is 1. The van der Waals surface area contributed by atoms with Crippen LogP contribution < -0.4 is 10.6 Å². The lowest BCUT2D eigenvalue weighted by atomic mass is 10.1. The highest BCUT2D eigenvalue weighted by Crippen LogP contribution is 2.03. The molecule has 0 spiro atoms. The van der Waals surface area contributed by atoms with E-state index in [4.69, 9.17) is 5.11 Å². The summed E-state index contributed by atoms with van der Waals surface area (Å²) in [6, 6.07) is 0. The third-order valence-electron chi connectivity index (χ3n) is 1.39. The fourth-order valence-electron chi connectivity index (χ4n) is 0.799. The molecule has 3 N–H and O–H groups in total. The van der Waals surface area contributed by atoms with Crippen LogP contribution in [0.15, 0.2) is 0 Å². The van der Waals surface area contributed by atoms with E-state index < -0.39 is 11.9 Å². The summed E-state index contributed by atoms with van der Waals surface area (Å²) >= 11 is 0. The number of aliphatic hydroxyl groups excluding tert-OH is 1. The number of carbonyl (C=O) groups is 1. The first-order valence-electron chi connectivity index (χ1n) is 2.82. The molecule has 1 aliphatic heterocycles. The van der Waals surface area contributed by atoms with Crippen LogP contribution in [0.4, 0.5) is 0 Å². The van der Waals surface area contributed by atoms with Gasteiger partial charge in [-0.15, -0.1) is 0 Å². The number of carbonyl (C=O) groups excluding carboxylic acids is 1. The van der Waals surface area contributed by atoms with Crippen LogP contribution >= 0.6 is 0 Å². The minimum atomic E-state index is -0.736. The summed E-state index contributed by atoms with van der Waals surface area (Å²) < 4.78 is 0. The molecular formula is C5H10N2O2. The minimum absolute atomic E-state index is 0.484. The molecule has 0 aromatic carbocycles. The van der Waals surface area contributed by atoms with Crippen LogP contribution in [0.25, 0.3) is 0 Å². The van der Waals surface area contributed by atoms with Crippen LogP contribution in [0.3, 0.4) is 0 Å². The summed E-state index contributed by atoms with van der Waals surface area (Å²) in [6.07, 6.45) is 0.0520. The summed E-state index contributed by atoms with van der Waals surface area (Å²) in [5.41, 5.74) is -0.584. The lowest BCUT2D eigenvalue weighted by molar-refractivity contribution is -0.112. The highest BCUT2D eigenvalue weighted by Gasteiger charge is 2.32. The van der Waals surface area contributed by atoms with Gasteiger partial charge in [0.05, 0.1) is 5.54 Å². The molecule has 9 heavy (non-hydrogen) atoms. The van der Waals surface area contributed by atoms with E-state index in [9.17, 15) is 4.79 Å². The third-order valence-corrected chi connectivity index (χ3v) is 1.39. The Labute approximate surface area is 53.2 Å². The predicted molar refractivity (Wildman–Crippen MR) is 31.6 cm³/mol. The molecule has 52 valence electrons. The van der Waals surface area contributed by atoms with E-state index >= 15 is 0 Å². The van der Waals surface area contributed by atoms with Gasteiger partial charge in [0.25, 0.3) is 0 Å². The molecule has 0 saturated carbocycles. The van der Waals surface area contributed by atoms with Crippen LogP contribution in [0, 0.1) is 0 Å². The molecule has 0 aromatic heterocycles. The Morgan fingerprint density at radius 3 is 2.78 bits per heavy atom. The number of hydrogen-bond acceptors (Lipinski definition) is 4. The van der Waals surface area contributed by atoms with E-state index in [1.165, 1.54) is 0 Å². The Morgan fingerprint density at radius 1 is 1.89 bits per heavy atom. The van der Waals surface area contributed by atoms with Gasteiger partial charge in [-0.05, 0) is 6.92 Å². The van der Waals surface area contributed by atoms with Gasteiger partial charge in [0.1, 0.15) is 6.29 Å². The average molecular weight is 130 g/mol. The van der Waals surface area contributed by atoms with Gasteiger partial charge in [-0.3, -0.25) is 10.6 Å². The van der Waals surface area contributed by atoms with Crippen molar-refractivity contribution in [2.24, 2.45) is 0 Å². The average Bonchev–Trinajstić information content (AvgIpc) is 2.13. The van der Waals surface area contributed by atoms with Crippen molar-refractivity contribution in [1.29, 1.82) is 0 Å². The molecule has 1 heterocycles. The number of aliphatic hydroxyl groups is 1. The Kier molecular flexibility index (Phi) is 1.52. The van der Waals surface area contributed by atoms with Crippen LogP contribution in [0.5, 0.6) is 0 Å². The van der Waals surface area contributed by atoms with Crippen molar-refractivity contribution < 1.29 is 9.90 Å². The molecule has 2 atom stereocenters. The third kappa shape index (κ3) is 1.27. The van der Waals surface area contributed by atoms with Crippen molar-refractivity contribution in [1.82, 2.24) is 10.6 Å². The topological polar surface area (TPSA) is 61.4 Å². The molecule has 1 fully saturated rings. The molecule has 0 bridgehead atoms. The van der Waals surface area contributed by atoms with Gasteiger partial charge < -0.3 is 9.90 Å². The molecule has 0 aromatic rings. The van der Waals surface area contributed by atoms with Crippen LogP contribution in [-0.4, -0.2) is 29.8 Å². The van der Waals surface area contributed by atoms with E-state index in [1.54, 1.807) is 6.92 Å². The normalized spacial score (nSPS) is 43.1. The Balaban J connectivity index is 2.54. The summed E-state index contributed by atoms with van der Waals surface area (Å²) in [5.74, 6) is 0. The second kappa shape index (κ2) is 2.06. The Hall–Kier alpha value is -0.450. The van der Waals surface area contributed by atoms with E-state index in [1.807, 2.05) is 0 Å². The monoisotopic (exact) mass is 130 g/mol. The van der Waals surface area contributed by atoms with Crippen molar-refractivity contribution in [2.45, 2.75) is 18.8 Å². The van der Waals surface area contributed by atoms with Gasteiger partial charge >= 0.3 is 0 Å². The maximum Gasteiger partial charge on any atom is 0.161 e. The zero-order chi connectivity index (χ0) is 6.91. The van der Waals surface area contributed by atoms with E-state index in [2.05, 4.69) is 10.6 Å². The van der Waals surface area contributed by atoms with E-state index in [0.29, 0.717) is 6.54 Å². The number of nitrogens with one attached hydrogen (secondary N) is 2. The second-order valence-electron chi connectivity index (χ2n) is 2.46. The predicted octanol–water partition coefficient (Wildman–Crippen LogP) is -1.59. The second-order valence-corrected chi connectivity index (χ2v) is 2.46. The van der Waals surface area contributed by atoms with Gasteiger partial charge in [0, 0.05) is 6.54 Å². The minimum Gasteiger partial charge on any atom is -0.365 e. The van der Waals surface area contributed by atoms with Gasteiger partial charge in [-0.25, -0.2) is 0 Å². The maximum absolute atomic E-state index is 10.3. The molecule has 4 heteroatoms. The molecule has 1 rings (SSSR count). The number of aldehydes is 1. The fraction of sp³-hybridized carbons (Fsp3) is 0.800. The van der Waals surface area contributed by atoms with Gasteiger partial charge in [-0.1, -0.05) is 0 Å². The van der Waals surface area contributed by atoms with Crippen LogP contribution in [0.1, 0.15) is 6.92 Å². The van der Waals surface area contributed by atoms with Crippen LogP contribution in [0.2, 0.25) is 0 Å². The molecule has 0 aliphatic carbocycles. The first-order valence-corrected chi connectivity index (χ1v) is 2.82. The zero-order valence-electron chi connectivity index (χ0n) is 5.22. The molecule has 0 radical (unpaired) electrons. The SMILES string of the molecule is CC1(C=O)CNC(O)N1. The van der Waals surface area contributed by atoms with Crippen molar-refractivity contribution >= 4 is 6.29 Å². The standard InChI is InChI=1S/C5H10N2O2/c1-5(3-8)2-6-4(9)7-5/h3-4,6-7,9H,2H2,1H3. The summed E-state index contributed by atoms with van der Waals surface area (Å²) in [7, 11) is 0. The lowest BCUT2D eigenvalue weighted by Gasteiger charge is -2.13. The molecule has 0 amide bonds. The summed E-state index contributed by atoms with van der Waals surface area (Å²) in [4.78, 5) is 10.3. The summed E-state index contributed by atoms with van der Waals surface area (Å²) in [5, 5.41) is 14.1. The molecule has 1 aliphatic rings. The van der Waals surface area contributed by atoms with E-state index in [-0.39, 0.29) is 0 Å². The van der Waals surface area contributed by atoms with Crippen molar-refractivity contribution in [2.75, 3.05) is 6.54 Å². The number of hydrogen-bond donors (Lipinski definition) is 3. The molecule has 4 nitrogen and oxygen atoms in total. The largest absolute Gasteiger partial charge is 0.365 e. The van der Waals surface area contributed by atoms with Gasteiger partial charge in [-0.2, -0.15) is 0 Å². The first kappa shape index (κ1) is 6.67. The van der Waals surface area contributed by atoms with Gasteiger partial charge in [0.15, 0.2) is 6.35 Å². The highest BCUT2D eigenvalue weighted by molar-refractivity contribution is 5.64. The Bertz CT molecular complexity index is 128. The lowest BCUT2D eigenvalue weighted by Crippen LogP contribution is -2.43. The van der Waals surface area contributed by atoms with Crippen LogP contribution in [-0.2, 0) is 4.79 Å². The molecule has 1 saturated heterocycles. The van der Waals surface area contributed by atoms with Crippen molar-refractivity contribution in [3.05, 3.63) is 0 Å². The Morgan fingerprint density at radius 2 is 2.56 bits per heavy atom.